The number of fused-ring (bicyclic) bond motifs is 1. The number of anilines is 2. The third-order valence-corrected chi connectivity index (χ3v) is 5.89. The lowest BCUT2D eigenvalue weighted by Gasteiger charge is -2.35. The first-order valence-electron chi connectivity index (χ1n) is 9.87. The van der Waals surface area contributed by atoms with Crippen LogP contribution in [0.15, 0.2) is 42.5 Å². The third kappa shape index (κ3) is 3.66. The Bertz CT molecular complexity index is 982. The zero-order valence-corrected chi connectivity index (χ0v) is 17.6. The van der Waals surface area contributed by atoms with Gasteiger partial charge in [-0.1, -0.05) is 23.7 Å². The minimum atomic E-state index is -0.961. The number of benzene rings is 2. The number of carbonyl (C=O) groups excluding carboxylic acids is 3. The van der Waals surface area contributed by atoms with Crippen molar-refractivity contribution in [3.63, 3.8) is 0 Å². The van der Waals surface area contributed by atoms with Gasteiger partial charge in [0.25, 0.3) is 11.8 Å². The van der Waals surface area contributed by atoms with Gasteiger partial charge < -0.3 is 15.1 Å². The number of amides is 3. The van der Waals surface area contributed by atoms with Crippen molar-refractivity contribution in [1.82, 2.24) is 9.80 Å². The summed E-state index contributed by atoms with van der Waals surface area (Å²) < 4.78 is 0. The normalized spacial score (nSPS) is 17.8. The first-order chi connectivity index (χ1) is 14.4. The molecule has 30 heavy (non-hydrogen) atoms. The molecule has 4 rings (SSSR count). The molecule has 2 heterocycles. The van der Waals surface area contributed by atoms with E-state index in [1.165, 1.54) is 0 Å². The maximum Gasteiger partial charge on any atom is 0.262 e. The molecule has 8 heteroatoms. The van der Waals surface area contributed by atoms with Crippen molar-refractivity contribution >= 4 is 40.7 Å². The van der Waals surface area contributed by atoms with Crippen molar-refractivity contribution in [2.75, 3.05) is 43.4 Å². The average Bonchev–Trinajstić information content (AvgIpc) is 2.99. The minimum absolute atomic E-state index is 0.322. The molecule has 2 aromatic carbocycles. The summed E-state index contributed by atoms with van der Waals surface area (Å²) in [7, 11) is 2.08. The summed E-state index contributed by atoms with van der Waals surface area (Å²) in [5.41, 5.74) is 2.09. The van der Waals surface area contributed by atoms with Crippen molar-refractivity contribution in [2.24, 2.45) is 0 Å². The maximum atomic E-state index is 13.0. The Hall–Kier alpha value is -2.90. The van der Waals surface area contributed by atoms with Crippen molar-refractivity contribution in [1.29, 1.82) is 0 Å². The van der Waals surface area contributed by atoms with Crippen LogP contribution < -0.4 is 10.2 Å². The lowest BCUT2D eigenvalue weighted by atomic mass is 10.1. The predicted octanol–water partition coefficient (Wildman–Crippen LogP) is 2.72. The van der Waals surface area contributed by atoms with Crippen LogP contribution in [-0.4, -0.2) is 66.8 Å². The highest BCUT2D eigenvalue weighted by molar-refractivity contribution is 6.31. The molecule has 0 aromatic heterocycles. The number of nitrogens with one attached hydrogen (secondary N) is 1. The van der Waals surface area contributed by atoms with Crippen molar-refractivity contribution in [3.05, 3.63) is 58.6 Å². The van der Waals surface area contributed by atoms with Gasteiger partial charge in [-0.05, 0) is 44.3 Å². The molecule has 0 saturated carbocycles. The molecule has 0 spiro atoms. The van der Waals surface area contributed by atoms with Crippen molar-refractivity contribution < 1.29 is 14.4 Å². The van der Waals surface area contributed by atoms with Gasteiger partial charge >= 0.3 is 0 Å². The second-order valence-corrected chi connectivity index (χ2v) is 8.08. The largest absolute Gasteiger partial charge is 0.367 e. The molecule has 2 aliphatic heterocycles. The van der Waals surface area contributed by atoms with E-state index in [1.54, 1.807) is 43.3 Å². The number of halogens is 1. The fourth-order valence-electron chi connectivity index (χ4n) is 3.85. The van der Waals surface area contributed by atoms with Crippen LogP contribution in [0.3, 0.4) is 0 Å². The zero-order valence-electron chi connectivity index (χ0n) is 16.9. The Morgan fingerprint density at radius 2 is 1.60 bits per heavy atom. The first kappa shape index (κ1) is 20.4. The third-order valence-electron chi connectivity index (χ3n) is 5.65. The molecule has 1 fully saturated rings. The second kappa shape index (κ2) is 8.08. The molecule has 2 aliphatic rings. The van der Waals surface area contributed by atoms with Crippen LogP contribution in [0, 0.1) is 0 Å². The number of hydrogen-bond donors (Lipinski definition) is 1. The predicted molar refractivity (Wildman–Crippen MR) is 116 cm³/mol. The molecule has 3 amide bonds. The van der Waals surface area contributed by atoms with Crippen LogP contribution in [0.2, 0.25) is 5.02 Å². The Kier molecular flexibility index (Phi) is 5.49. The van der Waals surface area contributed by atoms with Gasteiger partial charge in [0.2, 0.25) is 5.91 Å². The van der Waals surface area contributed by atoms with Crippen LogP contribution in [-0.2, 0) is 4.79 Å². The van der Waals surface area contributed by atoms with Gasteiger partial charge in [0.15, 0.2) is 0 Å². The zero-order chi connectivity index (χ0) is 21.4. The Morgan fingerprint density at radius 1 is 1.00 bits per heavy atom. The fraction of sp³-hybridized carbons (Fsp3) is 0.318. The molecule has 0 aliphatic carbocycles. The van der Waals surface area contributed by atoms with Gasteiger partial charge in [-0.3, -0.25) is 19.3 Å². The number of nitrogens with zero attached hydrogens (tertiary/aromatic N) is 3. The lowest BCUT2D eigenvalue weighted by molar-refractivity contribution is -0.119. The van der Waals surface area contributed by atoms with Gasteiger partial charge in [-0.15, -0.1) is 0 Å². The van der Waals surface area contributed by atoms with E-state index in [-0.39, 0.29) is 0 Å². The Morgan fingerprint density at radius 3 is 2.20 bits per heavy atom. The van der Waals surface area contributed by atoms with E-state index in [2.05, 4.69) is 22.2 Å². The number of rotatable bonds is 4. The molecule has 1 unspecified atom stereocenters. The smallest absolute Gasteiger partial charge is 0.262 e. The van der Waals surface area contributed by atoms with E-state index >= 15 is 0 Å². The number of piperazine rings is 1. The van der Waals surface area contributed by atoms with Gasteiger partial charge in [0.1, 0.15) is 6.04 Å². The lowest BCUT2D eigenvalue weighted by Crippen LogP contribution is -2.46. The molecule has 1 saturated heterocycles. The molecule has 0 bridgehead atoms. The van der Waals surface area contributed by atoms with Gasteiger partial charge in [-0.2, -0.15) is 0 Å². The van der Waals surface area contributed by atoms with E-state index in [0.717, 1.165) is 36.8 Å². The van der Waals surface area contributed by atoms with E-state index in [0.29, 0.717) is 21.8 Å². The standard InChI is InChI=1S/C22H23ClN4O3/c1-14(27-21(29)16-5-3-4-6-17(16)22(27)30)20(28)24-18-13-15(23)7-8-19(18)26-11-9-25(2)10-12-26/h3-8,13-14H,9-12H2,1-2H3,(H,24,28). The van der Waals surface area contributed by atoms with E-state index in [1.807, 2.05) is 6.07 Å². The molecular weight excluding hydrogens is 404 g/mol. The van der Waals surface area contributed by atoms with Crippen LogP contribution >= 0.6 is 11.6 Å². The molecular formula is C22H23ClN4O3. The number of likely N-dealkylation sites (N-methyl/N-ethyl adjacent to an activating group) is 1. The number of carbonyl (C=O) groups is 3. The average molecular weight is 427 g/mol. The summed E-state index contributed by atoms with van der Waals surface area (Å²) in [6, 6.07) is 11.0. The summed E-state index contributed by atoms with van der Waals surface area (Å²) in [6.45, 7) is 5.05. The number of hydrogen-bond acceptors (Lipinski definition) is 5. The summed E-state index contributed by atoms with van der Waals surface area (Å²) in [5, 5.41) is 3.38. The Labute approximate surface area is 180 Å². The monoisotopic (exact) mass is 426 g/mol. The summed E-state index contributed by atoms with van der Waals surface area (Å²) >= 11 is 6.18. The van der Waals surface area contributed by atoms with E-state index in [4.69, 9.17) is 11.6 Å². The summed E-state index contributed by atoms with van der Waals surface area (Å²) in [4.78, 5) is 43.9. The molecule has 1 atom stereocenters. The highest BCUT2D eigenvalue weighted by Gasteiger charge is 2.40. The topological polar surface area (TPSA) is 73.0 Å². The molecule has 1 N–H and O–H groups in total. The molecule has 156 valence electrons. The maximum absolute atomic E-state index is 13.0. The minimum Gasteiger partial charge on any atom is -0.367 e. The van der Waals surface area contributed by atoms with E-state index in [9.17, 15) is 14.4 Å². The van der Waals surface area contributed by atoms with Crippen LogP contribution in [0.25, 0.3) is 0 Å². The quantitative estimate of drug-likeness (QED) is 0.761. The van der Waals surface area contributed by atoms with Crippen LogP contribution in [0.4, 0.5) is 11.4 Å². The summed E-state index contributed by atoms with van der Waals surface area (Å²) in [6.07, 6.45) is 0. The SMILES string of the molecule is CC(C(=O)Nc1cc(Cl)ccc1N1CCN(C)CC1)N1C(=O)c2ccccc2C1=O. The highest BCUT2D eigenvalue weighted by atomic mass is 35.5. The molecule has 2 aromatic rings. The highest BCUT2D eigenvalue weighted by Crippen LogP contribution is 2.31. The van der Waals surface area contributed by atoms with E-state index < -0.39 is 23.8 Å². The van der Waals surface area contributed by atoms with Gasteiger partial charge in [0, 0.05) is 31.2 Å². The summed E-state index contributed by atoms with van der Waals surface area (Å²) in [5.74, 6) is -1.35. The van der Waals surface area contributed by atoms with Crippen LogP contribution in [0.5, 0.6) is 0 Å². The second-order valence-electron chi connectivity index (χ2n) is 7.64. The fourth-order valence-corrected chi connectivity index (χ4v) is 4.02. The van der Waals surface area contributed by atoms with Crippen molar-refractivity contribution in [3.8, 4) is 0 Å². The van der Waals surface area contributed by atoms with Crippen molar-refractivity contribution in [2.45, 2.75) is 13.0 Å². The van der Waals surface area contributed by atoms with Gasteiger partial charge in [-0.25, -0.2) is 0 Å². The Balaban J connectivity index is 1.55. The van der Waals surface area contributed by atoms with Gasteiger partial charge in [0.05, 0.1) is 22.5 Å². The first-order valence-corrected chi connectivity index (χ1v) is 10.3. The molecule has 0 radical (unpaired) electrons. The molecule has 7 nitrogen and oxygen atoms in total. The van der Waals surface area contributed by atoms with Crippen LogP contribution in [0.1, 0.15) is 27.6 Å². The number of imide groups is 1.